The summed E-state index contributed by atoms with van der Waals surface area (Å²) in [7, 11) is 7.31. The molecule has 23 rings (SSSR count). The second-order valence-electron chi connectivity index (χ2n) is 29.9. The Bertz CT molecular complexity index is 3480. The Morgan fingerprint density at radius 3 is 1.34 bits per heavy atom. The zero-order valence-corrected chi connectivity index (χ0v) is 71.1. The molecule has 0 aromatic carbocycles. The molecule has 21 saturated heterocycles. The van der Waals surface area contributed by atoms with Crippen LogP contribution in [0.4, 0.5) is 0 Å². The van der Waals surface area contributed by atoms with Gasteiger partial charge in [-0.2, -0.15) is 23.5 Å². The summed E-state index contributed by atoms with van der Waals surface area (Å²) >= 11 is 2.06. The first kappa shape index (κ1) is 102. The van der Waals surface area contributed by atoms with Crippen LogP contribution in [0.2, 0.25) is 0 Å². The molecule has 14 unspecified atom stereocenters. The maximum Gasteiger partial charge on any atom is 0.237 e. The summed E-state index contributed by atoms with van der Waals surface area (Å²) in [5, 5.41) is 229. The quantitative estimate of drug-likeness (QED) is 0.0221. The van der Waals surface area contributed by atoms with E-state index in [-0.39, 0.29) is 99.0 Å². The van der Waals surface area contributed by atoms with E-state index in [9.17, 15) is 116 Å². The van der Waals surface area contributed by atoms with Crippen LogP contribution in [-0.4, -0.2) is 446 Å². The van der Waals surface area contributed by atoms with E-state index in [2.05, 4.69) is 20.6 Å². The van der Waals surface area contributed by atoms with Gasteiger partial charge in [0.25, 0.3) is 0 Å². The number of Topliss-reactive ketones (excluding diaryl/α,β-unsaturated/α-hetero) is 3. The molecule has 0 spiro atoms. The van der Waals surface area contributed by atoms with Gasteiger partial charge in [0.05, 0.1) is 64.5 Å². The molecule has 1 amide bonds. The fourth-order valence-corrected chi connectivity index (χ4v) is 20.2. The van der Waals surface area contributed by atoms with Crippen molar-refractivity contribution in [1.29, 1.82) is 0 Å². The summed E-state index contributed by atoms with van der Waals surface area (Å²) in [5.41, 5.74) is 0. The van der Waals surface area contributed by atoms with Gasteiger partial charge >= 0.3 is 0 Å². The van der Waals surface area contributed by atoms with Gasteiger partial charge < -0.3 is 183 Å². The number of rotatable bonds is 37. The van der Waals surface area contributed by atoms with Crippen molar-refractivity contribution in [3.63, 3.8) is 0 Å². The lowest BCUT2D eigenvalue weighted by atomic mass is 9.95. The molecule has 23 heterocycles. The first-order valence-electron chi connectivity index (χ1n) is 39.6. The summed E-state index contributed by atoms with van der Waals surface area (Å²) in [6.07, 6.45) is -62.5. The third-order valence-corrected chi connectivity index (χ3v) is 28.0. The Morgan fingerprint density at radius 2 is 0.893 bits per heavy atom. The zero-order chi connectivity index (χ0) is 88.1. The highest BCUT2D eigenvalue weighted by atomic mass is 33.1. The molecule has 2 aromatic rings. The maximum atomic E-state index is 14.2. The molecule has 21 fully saturated rings. The Kier molecular flexibility index (Phi) is 40.9. The highest BCUT2D eigenvalue weighted by molar-refractivity contribution is 8.77. The van der Waals surface area contributed by atoms with Crippen molar-refractivity contribution < 1.29 is 192 Å². The van der Waals surface area contributed by atoms with Crippen molar-refractivity contribution >= 4 is 90.0 Å². The average Bonchev–Trinajstić information content (AvgIpc) is 0.776. The first-order valence-corrected chi connectivity index (χ1v) is 46.5. The van der Waals surface area contributed by atoms with Crippen LogP contribution in [0.3, 0.4) is 0 Å². The molecular formula is C73H112N4O39S6. The fourth-order valence-electron chi connectivity index (χ4n) is 14.2. The second-order valence-corrected chi connectivity index (χ2v) is 37.0. The molecule has 21 aliphatic rings. The third-order valence-electron chi connectivity index (χ3n) is 21.1. The smallest absolute Gasteiger partial charge is 0.237 e. The number of hydrogen-bond donors (Lipinski definition) is 21. The van der Waals surface area contributed by atoms with Gasteiger partial charge in [0, 0.05) is 79.3 Å². The number of nitrogens with one attached hydrogen (secondary N) is 2. The van der Waals surface area contributed by atoms with Crippen molar-refractivity contribution in [3.8, 4) is 0 Å². The second kappa shape index (κ2) is 49.1. The lowest BCUT2D eigenvalue weighted by molar-refractivity contribution is -0.434. The minimum atomic E-state index is -3.17. The van der Waals surface area contributed by atoms with Crippen molar-refractivity contribution in [2.24, 2.45) is 5.92 Å². The minimum absolute atomic E-state index is 0.00848. The minimum Gasteiger partial charge on any atom is -0.394 e. The topological polar surface area (TPSA) is 650 Å². The number of ketones is 3. The number of hydrogen-bond acceptors (Lipinski definition) is 48. The fraction of sp³-hybridized carbons (Fsp3) is 0.808. The van der Waals surface area contributed by atoms with Gasteiger partial charge in [-0.3, -0.25) is 19.2 Å². The lowest BCUT2D eigenvalue weighted by Crippen LogP contribution is -2.69. The molecule has 43 nitrogen and oxygen atoms in total. The summed E-state index contributed by atoms with van der Waals surface area (Å²) in [6, 6.07) is 10.1. The Morgan fingerprint density at radius 1 is 0.484 bits per heavy atom. The summed E-state index contributed by atoms with van der Waals surface area (Å²) in [4.78, 5) is 61.2. The number of pyridine rings is 2. The van der Waals surface area contributed by atoms with Crippen LogP contribution in [0.1, 0.15) is 45.4 Å². The summed E-state index contributed by atoms with van der Waals surface area (Å²) in [5.74, 6) is -8.00. The molecule has 14 bridgehead atoms. The van der Waals surface area contributed by atoms with Gasteiger partial charge in [0.1, 0.15) is 175 Å². The molecular weight excluding hydrogens is 1750 g/mol. The van der Waals surface area contributed by atoms with Crippen LogP contribution in [0, 0.1) is 5.92 Å². The van der Waals surface area contributed by atoms with Crippen LogP contribution in [-0.2, 0) is 95.0 Å². The standard InChI is InChI=1S/C73H112N4O39S6/c1-33(81)11-17-101-19-20-102-18-12-35(82)24-34(37(83)8-7-21-119-121-43-9-3-5-14-75-43)28-118-30-42-61-49(88)54(93)71(109-42)116-73(100)32-104-66(56(95)63(73)97)111-57-38(25-78)105-67(50(89)45(57)84)113-60-41(29-117-22-13-36(74-2)64(98)77-16-23-120-122-44-10-4-6-15-76-44)108-69(52(91)47(60)86)112-59-40(27-80)107-70(53(92)48(59)87)115-72(99)31-103-65(55(94)62(72)96)110-58-39(26-79)106-68(114-61)51(90)46(58)85/h3-6,9-10,14-15,34,36,38-42,45-63,65-71,74,78-80,84-97,99-100H,7-8,11-13,16-32H2,1-2H3,(H,77,98)/t34?,36?,38?,39?,40?,41?,42?,45-,46+,47+,48+,49+,50?,51?,52?,53?,54?,55?,56?,57+,58+,59+,60+,61+,62+,63+,65+,66-,67-,68+,69-,70+,71+,72+,73+/m0/s1. The number of nitrogens with zero attached hydrogens (tertiary/aromatic N) is 2. The van der Waals surface area contributed by atoms with Crippen molar-refractivity contribution in [1.82, 2.24) is 20.6 Å². The van der Waals surface area contributed by atoms with Crippen LogP contribution >= 0.6 is 66.7 Å². The summed E-state index contributed by atoms with van der Waals surface area (Å²) < 4.78 is 93.8. The van der Waals surface area contributed by atoms with Crippen LogP contribution < -0.4 is 10.6 Å². The molecule has 0 radical (unpaired) electrons. The van der Waals surface area contributed by atoms with Crippen molar-refractivity contribution in [2.75, 3.05) is 108 Å². The average molecular weight is 1860 g/mol. The van der Waals surface area contributed by atoms with Crippen molar-refractivity contribution in [2.45, 2.75) is 264 Å². The zero-order valence-electron chi connectivity index (χ0n) is 66.2. The van der Waals surface area contributed by atoms with Crippen LogP contribution in [0.5, 0.6) is 0 Å². The predicted molar refractivity (Wildman–Crippen MR) is 424 cm³/mol. The number of carbonyl (C=O) groups excluding carboxylic acids is 4. The van der Waals surface area contributed by atoms with Crippen LogP contribution in [0.15, 0.2) is 58.8 Å². The number of ether oxygens (including phenoxy) is 16. The largest absolute Gasteiger partial charge is 0.394 e. The molecule has 0 aliphatic carbocycles. The van der Waals surface area contributed by atoms with E-state index < -0.39 is 253 Å². The van der Waals surface area contributed by atoms with E-state index >= 15 is 0 Å². The molecule has 122 heavy (non-hydrogen) atoms. The molecule has 0 saturated carbocycles. The SMILES string of the molecule is CNC(CCSCC1O[C@H]2O[C@@H]3C(CO)O[C@H](O[C@]4(O)CO[C@H](O[C@@H]5C(CO)O[C@H](O[C@@H]6C(CSCC(CC(=O)CCOCCOCCC(C)=O)C(=O)CCCSSc7ccccn7)O[C@H](O[C@]7(O)CO[C@@H](O[C@@H]8C(CO)O[C@@H](O[C@H]1[C@H](O)C2O)C(O)[C@@H]8O)C(O)[C@H]7O)C(O)[C@H]6O)C(O)[C@H]5O)C(O)[C@H]4O)C(O)[C@H]3O)C(=O)NCCSSc1ccccn1. The normalized spacial score (nSPS) is 39.7. The first-order chi connectivity index (χ1) is 58.4. The highest BCUT2D eigenvalue weighted by Crippen LogP contribution is 2.42. The highest BCUT2D eigenvalue weighted by Gasteiger charge is 2.62. The molecule has 21 aliphatic heterocycles. The van der Waals surface area contributed by atoms with E-state index in [0.717, 1.165) is 33.6 Å². The Labute approximate surface area is 724 Å². The van der Waals surface area contributed by atoms with Crippen molar-refractivity contribution in [3.05, 3.63) is 48.8 Å². The number of carbonyl (C=O) groups is 4. The monoisotopic (exact) mass is 1860 g/mol. The van der Waals surface area contributed by atoms with Gasteiger partial charge in [-0.1, -0.05) is 33.7 Å². The number of aliphatic hydroxyl groups excluding tert-OH is 17. The van der Waals surface area contributed by atoms with Gasteiger partial charge in [0.2, 0.25) is 17.5 Å². The van der Waals surface area contributed by atoms with Gasteiger partial charge in [-0.25, -0.2) is 9.97 Å². The lowest BCUT2D eigenvalue weighted by Gasteiger charge is -2.50. The van der Waals surface area contributed by atoms with Gasteiger partial charge in [-0.15, -0.1) is 0 Å². The van der Waals surface area contributed by atoms with Gasteiger partial charge in [-0.05, 0) is 78.4 Å². The maximum absolute atomic E-state index is 14.2. The number of aromatic nitrogens is 2. The van der Waals surface area contributed by atoms with E-state index in [1.165, 1.54) is 50.1 Å². The Hall–Kier alpha value is -2.56. The third kappa shape index (κ3) is 26.9. The molecule has 35 atom stereocenters. The number of aliphatic hydroxyl groups is 19. The number of thioether (sulfide) groups is 2. The number of likely N-dealkylation sites (N-methyl/N-ethyl adjacent to an activating group) is 1. The summed E-state index contributed by atoms with van der Waals surface area (Å²) in [6.45, 7) is -3.67. The molecule has 694 valence electrons. The van der Waals surface area contributed by atoms with E-state index in [1.54, 1.807) is 31.6 Å². The van der Waals surface area contributed by atoms with Gasteiger partial charge in [0.15, 0.2) is 44.0 Å². The van der Waals surface area contributed by atoms with E-state index in [4.69, 9.17) is 75.8 Å². The molecule has 2 aromatic heterocycles. The number of amides is 1. The van der Waals surface area contributed by atoms with E-state index in [1.807, 2.05) is 24.3 Å². The van der Waals surface area contributed by atoms with Crippen LogP contribution in [0.25, 0.3) is 0 Å². The van der Waals surface area contributed by atoms with E-state index in [0.29, 0.717) is 24.5 Å². The predicted octanol–water partition coefficient (Wildman–Crippen LogP) is -7.74. The Balaban J connectivity index is 0.891. The molecule has 49 heteroatoms. The molecule has 21 N–H and O–H groups in total.